The zero-order valence-electron chi connectivity index (χ0n) is 19.0. The Kier molecular flexibility index (Phi) is 8.11. The minimum Gasteiger partial charge on any atom is -0.496 e. The molecule has 0 bridgehead atoms. The number of hydrogen-bond acceptors (Lipinski definition) is 5. The normalized spacial score (nSPS) is 10.5. The fourth-order valence-corrected chi connectivity index (χ4v) is 3.54. The minimum atomic E-state index is -0.0870. The van der Waals surface area contributed by atoms with Gasteiger partial charge in [0, 0.05) is 25.7 Å². The van der Waals surface area contributed by atoms with Crippen LogP contribution in [0.3, 0.4) is 0 Å². The van der Waals surface area contributed by atoms with Crippen molar-refractivity contribution in [3.63, 3.8) is 0 Å². The zero-order chi connectivity index (χ0) is 22.9. The summed E-state index contributed by atoms with van der Waals surface area (Å²) in [5, 5.41) is 5.68. The molecule has 3 rings (SSSR count). The molecule has 6 heteroatoms. The first-order valence-electron chi connectivity index (χ1n) is 10.5. The van der Waals surface area contributed by atoms with Gasteiger partial charge >= 0.3 is 0 Å². The van der Waals surface area contributed by atoms with E-state index in [1.807, 2.05) is 30.3 Å². The molecule has 0 saturated carbocycles. The van der Waals surface area contributed by atoms with Crippen molar-refractivity contribution in [2.24, 2.45) is 0 Å². The summed E-state index contributed by atoms with van der Waals surface area (Å²) in [7, 11) is 4.82. The van der Waals surface area contributed by atoms with Crippen LogP contribution in [0.2, 0.25) is 0 Å². The molecule has 6 nitrogen and oxygen atoms in total. The second kappa shape index (κ2) is 11.2. The molecule has 3 aromatic rings. The van der Waals surface area contributed by atoms with Gasteiger partial charge in [-0.25, -0.2) is 0 Å². The summed E-state index contributed by atoms with van der Waals surface area (Å²) >= 11 is 0. The number of carbonyl (C=O) groups excluding carboxylic acids is 1. The maximum absolute atomic E-state index is 11.5. The van der Waals surface area contributed by atoms with E-state index in [-0.39, 0.29) is 12.5 Å². The maximum atomic E-state index is 11.5. The van der Waals surface area contributed by atoms with Gasteiger partial charge in [0.2, 0.25) is 5.91 Å². The van der Waals surface area contributed by atoms with Gasteiger partial charge in [-0.3, -0.25) is 4.79 Å². The van der Waals surface area contributed by atoms with E-state index in [4.69, 9.17) is 14.2 Å². The minimum absolute atomic E-state index is 0.0870. The molecular formula is C26H30N2O4. The highest BCUT2D eigenvalue weighted by Crippen LogP contribution is 2.35. The SMILES string of the molecule is CNC(=O)CNCc1c(OC)cc(OCc2cccc(-c3ccccc3)c2C)cc1OC. The van der Waals surface area contributed by atoms with E-state index in [2.05, 4.69) is 47.9 Å². The highest BCUT2D eigenvalue weighted by Gasteiger charge is 2.14. The van der Waals surface area contributed by atoms with E-state index < -0.39 is 0 Å². The smallest absolute Gasteiger partial charge is 0.233 e. The Labute approximate surface area is 189 Å². The number of likely N-dealkylation sites (N-methyl/N-ethyl adjacent to an activating group) is 1. The molecule has 0 spiro atoms. The van der Waals surface area contributed by atoms with Gasteiger partial charge in [0.05, 0.1) is 26.3 Å². The number of ether oxygens (including phenoxy) is 3. The van der Waals surface area contributed by atoms with Gasteiger partial charge in [-0.05, 0) is 29.2 Å². The number of methoxy groups -OCH3 is 2. The van der Waals surface area contributed by atoms with Crippen LogP contribution < -0.4 is 24.8 Å². The Bertz CT molecular complexity index is 1030. The Morgan fingerprint density at radius 2 is 1.62 bits per heavy atom. The van der Waals surface area contributed by atoms with Crippen LogP contribution in [0.25, 0.3) is 11.1 Å². The standard InChI is InChI=1S/C26H30N2O4/c1-18-20(11-8-12-22(18)19-9-6-5-7-10-19)17-32-21-13-24(30-3)23(25(14-21)31-4)15-28-16-26(29)27-2/h5-14,28H,15-17H2,1-4H3,(H,27,29). The third kappa shape index (κ3) is 5.59. The molecule has 0 saturated heterocycles. The lowest BCUT2D eigenvalue weighted by atomic mass is 9.97. The van der Waals surface area contributed by atoms with Crippen molar-refractivity contribution in [1.29, 1.82) is 0 Å². The molecule has 32 heavy (non-hydrogen) atoms. The monoisotopic (exact) mass is 434 g/mol. The first kappa shape index (κ1) is 23.2. The number of hydrogen-bond donors (Lipinski definition) is 2. The third-order valence-electron chi connectivity index (χ3n) is 5.37. The van der Waals surface area contributed by atoms with E-state index in [1.54, 1.807) is 21.3 Å². The Morgan fingerprint density at radius 3 is 2.25 bits per heavy atom. The highest BCUT2D eigenvalue weighted by atomic mass is 16.5. The molecule has 0 aliphatic rings. The molecule has 0 atom stereocenters. The summed E-state index contributed by atoms with van der Waals surface area (Å²) in [6.45, 7) is 3.17. The average molecular weight is 435 g/mol. The van der Waals surface area contributed by atoms with Crippen LogP contribution in [-0.2, 0) is 17.9 Å². The summed E-state index contributed by atoms with van der Waals surface area (Å²) in [6.07, 6.45) is 0. The molecule has 1 amide bonds. The fourth-order valence-electron chi connectivity index (χ4n) is 3.54. The second-order valence-electron chi connectivity index (χ2n) is 7.33. The van der Waals surface area contributed by atoms with Crippen LogP contribution in [0.4, 0.5) is 0 Å². The molecule has 3 aromatic carbocycles. The second-order valence-corrected chi connectivity index (χ2v) is 7.33. The van der Waals surface area contributed by atoms with Crippen molar-refractivity contribution in [1.82, 2.24) is 10.6 Å². The largest absolute Gasteiger partial charge is 0.496 e. The lowest BCUT2D eigenvalue weighted by molar-refractivity contribution is -0.119. The number of rotatable bonds is 10. The zero-order valence-corrected chi connectivity index (χ0v) is 19.0. The van der Waals surface area contributed by atoms with E-state index >= 15 is 0 Å². The molecule has 168 valence electrons. The lowest BCUT2D eigenvalue weighted by Gasteiger charge is -2.17. The predicted molar refractivity (Wildman–Crippen MR) is 126 cm³/mol. The van der Waals surface area contributed by atoms with Crippen LogP contribution in [0, 0.1) is 6.92 Å². The number of carbonyl (C=O) groups is 1. The van der Waals surface area contributed by atoms with Gasteiger partial charge in [-0.2, -0.15) is 0 Å². The highest BCUT2D eigenvalue weighted by molar-refractivity contribution is 5.77. The summed E-state index contributed by atoms with van der Waals surface area (Å²) in [5.74, 6) is 1.84. The van der Waals surface area contributed by atoms with Crippen LogP contribution in [0.1, 0.15) is 16.7 Å². The first-order chi connectivity index (χ1) is 15.6. The molecule has 0 fully saturated rings. The Morgan fingerprint density at radius 1 is 0.938 bits per heavy atom. The topological polar surface area (TPSA) is 68.8 Å². The van der Waals surface area contributed by atoms with Crippen molar-refractivity contribution in [2.45, 2.75) is 20.1 Å². The third-order valence-corrected chi connectivity index (χ3v) is 5.37. The fraction of sp³-hybridized carbons (Fsp3) is 0.269. The van der Waals surface area contributed by atoms with E-state index in [1.165, 1.54) is 16.7 Å². The van der Waals surface area contributed by atoms with Crippen molar-refractivity contribution in [3.8, 4) is 28.4 Å². The van der Waals surface area contributed by atoms with Crippen molar-refractivity contribution in [3.05, 3.63) is 77.4 Å². The van der Waals surface area contributed by atoms with Crippen LogP contribution in [0.15, 0.2) is 60.7 Å². The first-order valence-corrected chi connectivity index (χ1v) is 10.5. The molecule has 0 aliphatic heterocycles. The van der Waals surface area contributed by atoms with Crippen molar-refractivity contribution in [2.75, 3.05) is 27.8 Å². The van der Waals surface area contributed by atoms with Crippen LogP contribution >= 0.6 is 0 Å². The number of nitrogens with one attached hydrogen (secondary N) is 2. The van der Waals surface area contributed by atoms with Crippen molar-refractivity contribution >= 4 is 5.91 Å². The van der Waals surface area contributed by atoms with Gasteiger partial charge in [0.1, 0.15) is 23.9 Å². The summed E-state index contributed by atoms with van der Waals surface area (Å²) in [4.78, 5) is 11.5. The summed E-state index contributed by atoms with van der Waals surface area (Å²) in [5.41, 5.74) is 5.50. The number of amides is 1. The average Bonchev–Trinajstić information content (AvgIpc) is 2.83. The van der Waals surface area contributed by atoms with Crippen molar-refractivity contribution < 1.29 is 19.0 Å². The number of benzene rings is 3. The molecule has 0 unspecified atom stereocenters. The van der Waals surface area contributed by atoms with Gasteiger partial charge in [-0.1, -0.05) is 48.5 Å². The molecule has 0 heterocycles. The van der Waals surface area contributed by atoms with E-state index in [0.717, 1.165) is 11.1 Å². The van der Waals surface area contributed by atoms with Gasteiger partial charge in [0.15, 0.2) is 0 Å². The quantitative estimate of drug-likeness (QED) is 0.503. The van der Waals surface area contributed by atoms with Gasteiger partial charge in [-0.15, -0.1) is 0 Å². The van der Waals surface area contributed by atoms with Crippen LogP contribution in [-0.4, -0.2) is 33.7 Å². The Hall–Kier alpha value is -3.51. The maximum Gasteiger partial charge on any atom is 0.233 e. The summed E-state index contributed by atoms with van der Waals surface area (Å²) < 4.78 is 17.2. The summed E-state index contributed by atoms with van der Waals surface area (Å²) in [6, 6.07) is 20.3. The molecule has 0 aliphatic carbocycles. The molecule has 0 aromatic heterocycles. The van der Waals surface area contributed by atoms with Crippen LogP contribution in [0.5, 0.6) is 17.2 Å². The van der Waals surface area contributed by atoms with Gasteiger partial charge in [0.25, 0.3) is 0 Å². The van der Waals surface area contributed by atoms with E-state index in [9.17, 15) is 4.79 Å². The molecular weight excluding hydrogens is 404 g/mol. The molecule has 2 N–H and O–H groups in total. The predicted octanol–water partition coefficient (Wildman–Crippen LogP) is 4.09. The van der Waals surface area contributed by atoms with Gasteiger partial charge < -0.3 is 24.8 Å². The van der Waals surface area contributed by atoms with E-state index in [0.29, 0.717) is 30.4 Å². The molecule has 0 radical (unpaired) electrons. The lowest BCUT2D eigenvalue weighted by Crippen LogP contribution is -2.31. The Balaban J connectivity index is 1.77.